The van der Waals surface area contributed by atoms with E-state index in [1.165, 1.54) is 30.7 Å². The third-order valence-corrected chi connectivity index (χ3v) is 4.89. The largest absolute Gasteiger partial charge is 0.308 e. The van der Waals surface area contributed by atoms with Gasteiger partial charge < -0.3 is 5.32 Å². The second-order valence-corrected chi connectivity index (χ2v) is 6.32. The molecular weight excluding hydrogens is 252 g/mol. The Balaban J connectivity index is 2.30. The van der Waals surface area contributed by atoms with Crippen LogP contribution in [-0.2, 0) is 0 Å². The molecule has 19 heavy (non-hydrogen) atoms. The first-order chi connectivity index (χ1) is 9.19. The summed E-state index contributed by atoms with van der Waals surface area (Å²) in [5.74, 6) is 0. The molecule has 0 saturated carbocycles. The van der Waals surface area contributed by atoms with Crippen LogP contribution in [0.15, 0.2) is 17.5 Å². The van der Waals surface area contributed by atoms with Crippen LogP contribution in [0, 0.1) is 0 Å². The Bertz CT molecular complexity index is 311. The summed E-state index contributed by atoms with van der Waals surface area (Å²) in [7, 11) is 0. The Morgan fingerprint density at radius 3 is 2.63 bits per heavy atom. The lowest BCUT2D eigenvalue weighted by Crippen LogP contribution is -2.39. The van der Waals surface area contributed by atoms with Gasteiger partial charge in [-0.05, 0) is 44.7 Å². The van der Waals surface area contributed by atoms with E-state index in [0.29, 0.717) is 12.1 Å². The summed E-state index contributed by atoms with van der Waals surface area (Å²) in [5, 5.41) is 5.79. The summed E-state index contributed by atoms with van der Waals surface area (Å²) in [6.07, 6.45) is 3.83. The van der Waals surface area contributed by atoms with E-state index in [2.05, 4.69) is 55.4 Å². The summed E-state index contributed by atoms with van der Waals surface area (Å²) < 4.78 is 0. The SMILES string of the molecule is CCCCN(CCNC(C)c1cccs1)C(C)CC. The number of unbranched alkanes of at least 4 members (excludes halogenated alkanes) is 1. The maximum Gasteiger partial charge on any atom is 0.0386 e. The fraction of sp³-hybridized carbons (Fsp3) is 0.750. The lowest BCUT2D eigenvalue weighted by Gasteiger charge is -2.29. The highest BCUT2D eigenvalue weighted by molar-refractivity contribution is 7.10. The molecule has 1 aromatic rings. The van der Waals surface area contributed by atoms with Gasteiger partial charge in [-0.15, -0.1) is 11.3 Å². The van der Waals surface area contributed by atoms with Crippen LogP contribution in [-0.4, -0.2) is 30.6 Å². The van der Waals surface area contributed by atoms with Gasteiger partial charge in [0.2, 0.25) is 0 Å². The molecule has 0 aliphatic carbocycles. The van der Waals surface area contributed by atoms with Crippen LogP contribution in [0.1, 0.15) is 57.9 Å². The second-order valence-electron chi connectivity index (χ2n) is 5.34. The normalized spacial score (nSPS) is 14.8. The molecule has 110 valence electrons. The van der Waals surface area contributed by atoms with E-state index in [0.717, 1.165) is 13.1 Å². The van der Waals surface area contributed by atoms with E-state index < -0.39 is 0 Å². The molecule has 1 N–H and O–H groups in total. The third-order valence-electron chi connectivity index (χ3n) is 3.83. The average molecular weight is 282 g/mol. The standard InChI is InChI=1S/C16H30N2S/c1-5-7-11-18(14(3)6-2)12-10-17-15(4)16-9-8-13-19-16/h8-9,13-15,17H,5-7,10-12H2,1-4H3. The van der Waals surface area contributed by atoms with Crippen LogP contribution in [0.3, 0.4) is 0 Å². The average Bonchev–Trinajstić information content (AvgIpc) is 2.95. The summed E-state index contributed by atoms with van der Waals surface area (Å²) in [4.78, 5) is 4.06. The molecule has 1 rings (SSSR count). The van der Waals surface area contributed by atoms with E-state index in [4.69, 9.17) is 0 Å². The molecule has 2 unspecified atom stereocenters. The van der Waals surface area contributed by atoms with Gasteiger partial charge in [0.05, 0.1) is 0 Å². The second kappa shape index (κ2) is 9.51. The molecule has 0 aliphatic rings. The van der Waals surface area contributed by atoms with Crippen LogP contribution < -0.4 is 5.32 Å². The first-order valence-electron chi connectivity index (χ1n) is 7.69. The molecule has 1 aromatic heterocycles. The molecule has 0 amide bonds. The van der Waals surface area contributed by atoms with Crippen molar-refractivity contribution in [3.63, 3.8) is 0 Å². The van der Waals surface area contributed by atoms with Crippen molar-refractivity contribution in [2.45, 2.75) is 59.0 Å². The van der Waals surface area contributed by atoms with E-state index >= 15 is 0 Å². The fourth-order valence-electron chi connectivity index (χ4n) is 2.23. The Hall–Kier alpha value is -0.380. The predicted octanol–water partition coefficient (Wildman–Crippen LogP) is 4.30. The van der Waals surface area contributed by atoms with Crippen LogP contribution in [0.5, 0.6) is 0 Å². The Morgan fingerprint density at radius 2 is 2.05 bits per heavy atom. The van der Waals surface area contributed by atoms with Gasteiger partial charge in [-0.1, -0.05) is 26.3 Å². The van der Waals surface area contributed by atoms with Crippen molar-refractivity contribution in [2.24, 2.45) is 0 Å². The van der Waals surface area contributed by atoms with Crippen molar-refractivity contribution in [2.75, 3.05) is 19.6 Å². The van der Waals surface area contributed by atoms with E-state index in [9.17, 15) is 0 Å². The smallest absolute Gasteiger partial charge is 0.0386 e. The van der Waals surface area contributed by atoms with Crippen molar-refractivity contribution in [3.05, 3.63) is 22.4 Å². The van der Waals surface area contributed by atoms with Gasteiger partial charge in [-0.3, -0.25) is 4.90 Å². The summed E-state index contributed by atoms with van der Waals surface area (Å²) in [5.41, 5.74) is 0. The number of thiophene rings is 1. The zero-order valence-corrected chi connectivity index (χ0v) is 13.8. The highest BCUT2D eigenvalue weighted by Crippen LogP contribution is 2.17. The minimum Gasteiger partial charge on any atom is -0.308 e. The fourth-order valence-corrected chi connectivity index (χ4v) is 2.99. The minimum absolute atomic E-state index is 0.477. The monoisotopic (exact) mass is 282 g/mol. The number of hydrogen-bond donors (Lipinski definition) is 1. The van der Waals surface area contributed by atoms with E-state index in [1.807, 2.05) is 11.3 Å². The van der Waals surface area contributed by atoms with Crippen molar-refractivity contribution >= 4 is 11.3 Å². The molecule has 0 fully saturated rings. The number of hydrogen-bond acceptors (Lipinski definition) is 3. The highest BCUT2D eigenvalue weighted by Gasteiger charge is 2.12. The molecule has 2 atom stereocenters. The molecular formula is C16H30N2S. The zero-order valence-electron chi connectivity index (χ0n) is 13.0. The number of nitrogens with zero attached hydrogens (tertiary/aromatic N) is 1. The minimum atomic E-state index is 0.477. The van der Waals surface area contributed by atoms with E-state index in [-0.39, 0.29) is 0 Å². The lowest BCUT2D eigenvalue weighted by atomic mass is 10.2. The van der Waals surface area contributed by atoms with Gasteiger partial charge in [0.25, 0.3) is 0 Å². The van der Waals surface area contributed by atoms with Crippen LogP contribution in [0.2, 0.25) is 0 Å². The van der Waals surface area contributed by atoms with Gasteiger partial charge in [-0.25, -0.2) is 0 Å². The molecule has 0 aromatic carbocycles. The topological polar surface area (TPSA) is 15.3 Å². The van der Waals surface area contributed by atoms with Gasteiger partial charge in [0.1, 0.15) is 0 Å². The Morgan fingerprint density at radius 1 is 1.26 bits per heavy atom. The first-order valence-corrected chi connectivity index (χ1v) is 8.57. The molecule has 1 heterocycles. The predicted molar refractivity (Wildman–Crippen MR) is 87.0 cm³/mol. The zero-order chi connectivity index (χ0) is 14.1. The Labute approximate surface area is 123 Å². The summed E-state index contributed by atoms with van der Waals surface area (Å²) in [6.45, 7) is 12.6. The van der Waals surface area contributed by atoms with Crippen LogP contribution in [0.4, 0.5) is 0 Å². The van der Waals surface area contributed by atoms with Crippen molar-refractivity contribution in [1.29, 1.82) is 0 Å². The maximum atomic E-state index is 3.64. The molecule has 0 aliphatic heterocycles. The summed E-state index contributed by atoms with van der Waals surface area (Å²) >= 11 is 1.84. The van der Waals surface area contributed by atoms with Crippen molar-refractivity contribution < 1.29 is 0 Å². The van der Waals surface area contributed by atoms with Gasteiger partial charge in [0.15, 0.2) is 0 Å². The quantitative estimate of drug-likeness (QED) is 0.688. The van der Waals surface area contributed by atoms with Crippen molar-refractivity contribution in [3.8, 4) is 0 Å². The first kappa shape index (κ1) is 16.7. The molecule has 0 bridgehead atoms. The number of nitrogens with one attached hydrogen (secondary N) is 1. The molecule has 0 saturated heterocycles. The van der Waals surface area contributed by atoms with Crippen LogP contribution in [0.25, 0.3) is 0 Å². The van der Waals surface area contributed by atoms with Gasteiger partial charge in [-0.2, -0.15) is 0 Å². The molecule has 0 spiro atoms. The Kier molecular flexibility index (Phi) is 8.35. The maximum absolute atomic E-state index is 3.64. The van der Waals surface area contributed by atoms with Crippen molar-refractivity contribution in [1.82, 2.24) is 10.2 Å². The molecule has 0 radical (unpaired) electrons. The summed E-state index contributed by atoms with van der Waals surface area (Å²) in [6, 6.07) is 5.52. The van der Waals surface area contributed by atoms with Gasteiger partial charge >= 0.3 is 0 Å². The van der Waals surface area contributed by atoms with Crippen LogP contribution >= 0.6 is 11.3 Å². The lowest BCUT2D eigenvalue weighted by molar-refractivity contribution is 0.199. The molecule has 3 heteroatoms. The third kappa shape index (κ3) is 6.07. The molecule has 2 nitrogen and oxygen atoms in total. The highest BCUT2D eigenvalue weighted by atomic mass is 32.1. The van der Waals surface area contributed by atoms with Gasteiger partial charge in [0, 0.05) is 30.1 Å². The number of rotatable bonds is 10. The van der Waals surface area contributed by atoms with E-state index in [1.54, 1.807) is 0 Å².